The highest BCUT2D eigenvalue weighted by Gasteiger charge is 2.24. The molecule has 1 amide bonds. The number of carbonyl (C=O) groups excluding carboxylic acids is 1. The fraction of sp³-hybridized carbons (Fsp3) is 0.500. The Balaban J connectivity index is 2.11. The zero-order valence-electron chi connectivity index (χ0n) is 16.4. The third-order valence-corrected chi connectivity index (χ3v) is 6.75. The first kappa shape index (κ1) is 21.5. The second-order valence-corrected chi connectivity index (χ2v) is 10.6. The number of rotatable bonds is 6. The molecule has 148 valence electrons. The number of aromatic nitrogens is 2. The summed E-state index contributed by atoms with van der Waals surface area (Å²) in [7, 11) is -3.84. The van der Waals surface area contributed by atoms with Gasteiger partial charge in [0.05, 0.1) is 0 Å². The molecule has 0 saturated heterocycles. The van der Waals surface area contributed by atoms with Crippen LogP contribution in [0.2, 0.25) is 0 Å². The van der Waals surface area contributed by atoms with Gasteiger partial charge in [0.25, 0.3) is 10.0 Å². The van der Waals surface area contributed by atoms with Gasteiger partial charge in [-0.2, -0.15) is 0 Å². The molecule has 0 aliphatic carbocycles. The number of nitrogens with zero attached hydrogens (tertiary/aromatic N) is 2. The maximum Gasteiger partial charge on any atom is 0.270 e. The molecular weight excluding hydrogens is 384 g/mol. The minimum Gasteiger partial charge on any atom is -0.300 e. The highest BCUT2D eigenvalue weighted by atomic mass is 32.2. The number of hydrogen-bond donors (Lipinski definition) is 2. The molecule has 7 nitrogen and oxygen atoms in total. The van der Waals surface area contributed by atoms with Crippen LogP contribution in [-0.2, 0) is 20.2 Å². The number of hydrogen-bond acceptors (Lipinski definition) is 6. The minimum atomic E-state index is -3.84. The lowest BCUT2D eigenvalue weighted by Crippen LogP contribution is -2.27. The average Bonchev–Trinajstić information content (AvgIpc) is 3.03. The van der Waals surface area contributed by atoms with E-state index in [1.165, 1.54) is 5.56 Å². The summed E-state index contributed by atoms with van der Waals surface area (Å²) < 4.78 is 27.5. The van der Waals surface area contributed by atoms with Crippen LogP contribution < -0.4 is 10.0 Å². The lowest BCUT2D eigenvalue weighted by molar-refractivity contribution is -0.118. The molecule has 1 heterocycles. The van der Waals surface area contributed by atoms with Gasteiger partial charge >= 0.3 is 0 Å². The van der Waals surface area contributed by atoms with Crippen molar-refractivity contribution in [2.45, 2.75) is 57.3 Å². The van der Waals surface area contributed by atoms with Crippen molar-refractivity contribution in [3.63, 3.8) is 0 Å². The van der Waals surface area contributed by atoms with Crippen LogP contribution in [0.15, 0.2) is 28.6 Å². The third-order valence-electron chi connectivity index (χ3n) is 4.00. The van der Waals surface area contributed by atoms with E-state index < -0.39 is 16.1 Å². The van der Waals surface area contributed by atoms with Gasteiger partial charge in [0.15, 0.2) is 0 Å². The largest absolute Gasteiger partial charge is 0.300 e. The van der Waals surface area contributed by atoms with Gasteiger partial charge in [0.1, 0.15) is 0 Å². The predicted molar refractivity (Wildman–Crippen MR) is 107 cm³/mol. The molecule has 2 N–H and O–H groups in total. The molecule has 9 heteroatoms. The van der Waals surface area contributed by atoms with Crippen molar-refractivity contribution in [3.05, 3.63) is 35.4 Å². The predicted octanol–water partition coefficient (Wildman–Crippen LogP) is 3.47. The summed E-state index contributed by atoms with van der Waals surface area (Å²) in [5.41, 5.74) is 2.06. The molecule has 2 rings (SSSR count). The Hall–Kier alpha value is -1.84. The molecule has 0 radical (unpaired) electrons. The Labute approximate surface area is 164 Å². The van der Waals surface area contributed by atoms with Crippen molar-refractivity contribution in [1.82, 2.24) is 14.9 Å². The monoisotopic (exact) mass is 410 g/mol. The molecule has 1 atom stereocenters. The Morgan fingerprint density at radius 2 is 1.67 bits per heavy atom. The van der Waals surface area contributed by atoms with Crippen molar-refractivity contribution in [1.29, 1.82) is 0 Å². The molecule has 0 aliphatic rings. The second kappa shape index (κ2) is 8.04. The molecule has 2 aromatic rings. The number of benzene rings is 1. The Morgan fingerprint density at radius 3 is 2.19 bits per heavy atom. The molecule has 0 unspecified atom stereocenters. The van der Waals surface area contributed by atoms with Crippen LogP contribution in [-0.4, -0.2) is 24.5 Å². The molecular formula is C18H26N4O3S2. The fourth-order valence-electron chi connectivity index (χ4n) is 2.24. The molecule has 1 aromatic carbocycles. The van der Waals surface area contributed by atoms with Crippen LogP contribution in [0.4, 0.5) is 5.13 Å². The summed E-state index contributed by atoms with van der Waals surface area (Å²) in [5, 5.41) is 10.2. The van der Waals surface area contributed by atoms with E-state index in [0.717, 1.165) is 16.9 Å². The molecule has 0 aliphatic heterocycles. The Bertz CT molecular complexity index is 897. The van der Waals surface area contributed by atoms with Crippen molar-refractivity contribution in [2.24, 2.45) is 5.92 Å². The van der Waals surface area contributed by atoms with Crippen molar-refractivity contribution in [3.8, 4) is 0 Å². The van der Waals surface area contributed by atoms with E-state index in [-0.39, 0.29) is 26.7 Å². The van der Waals surface area contributed by atoms with E-state index in [4.69, 9.17) is 0 Å². The average molecular weight is 411 g/mol. The molecule has 0 spiro atoms. The van der Waals surface area contributed by atoms with E-state index in [9.17, 15) is 13.2 Å². The first-order valence-electron chi connectivity index (χ1n) is 8.67. The van der Waals surface area contributed by atoms with Crippen LogP contribution in [0.3, 0.4) is 0 Å². The smallest absolute Gasteiger partial charge is 0.270 e. The van der Waals surface area contributed by atoms with E-state index >= 15 is 0 Å². The number of anilines is 1. The molecule has 0 bridgehead atoms. The second-order valence-electron chi connectivity index (χ2n) is 7.73. The molecule has 0 saturated carbocycles. The molecule has 27 heavy (non-hydrogen) atoms. The van der Waals surface area contributed by atoms with E-state index in [2.05, 4.69) is 41.0 Å². The summed E-state index contributed by atoms with van der Waals surface area (Å²) in [6.45, 7) is 11.6. The van der Waals surface area contributed by atoms with Gasteiger partial charge in [-0.1, -0.05) is 70.2 Å². The van der Waals surface area contributed by atoms with Gasteiger partial charge in [-0.25, -0.2) is 13.1 Å². The van der Waals surface area contributed by atoms with Gasteiger partial charge < -0.3 is 5.32 Å². The minimum absolute atomic E-state index is 0.0324. The van der Waals surface area contributed by atoms with Crippen LogP contribution in [0, 0.1) is 5.92 Å². The molecule has 1 aromatic heterocycles. The third kappa shape index (κ3) is 5.57. The van der Waals surface area contributed by atoms with Crippen molar-refractivity contribution in [2.75, 3.05) is 5.32 Å². The molecule has 0 fully saturated rings. The van der Waals surface area contributed by atoms with Gasteiger partial charge in [-0.05, 0) is 23.5 Å². The zero-order chi connectivity index (χ0) is 20.4. The van der Waals surface area contributed by atoms with Crippen molar-refractivity contribution >= 4 is 32.4 Å². The summed E-state index contributed by atoms with van der Waals surface area (Å²) in [6.07, 6.45) is 0. The number of amides is 1. The normalized spacial score (nSPS) is 13.6. The van der Waals surface area contributed by atoms with Gasteiger partial charge in [0, 0.05) is 12.0 Å². The lowest BCUT2D eigenvalue weighted by Gasteiger charge is -2.20. The standard InChI is InChI=1S/C18H26N4O3S2/c1-11(2)15(23)19-16-20-21-17(26-16)27(24,25)22-12(3)13-7-9-14(10-8-13)18(4,5)6/h7-12,22H,1-6H3,(H,19,20,23)/t12-/m0/s1. The number of nitrogens with one attached hydrogen (secondary N) is 2. The number of sulfonamides is 1. The topological polar surface area (TPSA) is 101 Å². The highest BCUT2D eigenvalue weighted by Crippen LogP contribution is 2.26. The highest BCUT2D eigenvalue weighted by molar-refractivity contribution is 7.91. The summed E-state index contributed by atoms with van der Waals surface area (Å²) in [5.74, 6) is -0.474. The fourth-order valence-corrected chi connectivity index (χ4v) is 4.39. The zero-order valence-corrected chi connectivity index (χ0v) is 18.0. The van der Waals surface area contributed by atoms with E-state index in [0.29, 0.717) is 0 Å². The summed E-state index contributed by atoms with van der Waals surface area (Å²) in [4.78, 5) is 11.7. The van der Waals surface area contributed by atoms with Gasteiger partial charge in [-0.3, -0.25) is 4.79 Å². The van der Waals surface area contributed by atoms with Crippen LogP contribution >= 0.6 is 11.3 Å². The van der Waals surface area contributed by atoms with E-state index in [1.807, 2.05) is 24.3 Å². The Kier molecular flexibility index (Phi) is 6.39. The van der Waals surface area contributed by atoms with Crippen LogP contribution in [0.1, 0.15) is 58.7 Å². The van der Waals surface area contributed by atoms with Gasteiger partial charge in [-0.15, -0.1) is 10.2 Å². The maximum absolute atomic E-state index is 12.6. The first-order chi connectivity index (χ1) is 12.4. The van der Waals surface area contributed by atoms with Crippen LogP contribution in [0.25, 0.3) is 0 Å². The first-order valence-corrected chi connectivity index (χ1v) is 11.0. The van der Waals surface area contributed by atoms with E-state index in [1.54, 1.807) is 20.8 Å². The number of carbonyl (C=O) groups is 1. The summed E-state index contributed by atoms with van der Waals surface area (Å²) in [6, 6.07) is 7.42. The maximum atomic E-state index is 12.6. The SMILES string of the molecule is CC(C)C(=O)Nc1nnc(S(=O)(=O)N[C@@H](C)c2ccc(C(C)(C)C)cc2)s1. The Morgan fingerprint density at radius 1 is 1.07 bits per heavy atom. The van der Waals surface area contributed by atoms with Gasteiger partial charge in [0.2, 0.25) is 15.4 Å². The van der Waals surface area contributed by atoms with Crippen molar-refractivity contribution < 1.29 is 13.2 Å². The lowest BCUT2D eigenvalue weighted by atomic mass is 9.86. The quantitative estimate of drug-likeness (QED) is 0.710. The van der Waals surface area contributed by atoms with Crippen LogP contribution in [0.5, 0.6) is 0 Å². The summed E-state index contributed by atoms with van der Waals surface area (Å²) >= 11 is 0.824.